The molecule has 6 nitrogen and oxygen atoms in total. The average Bonchev–Trinajstić information content (AvgIpc) is 3.17. The number of fused-ring (bicyclic) bond motifs is 2. The van der Waals surface area contributed by atoms with E-state index in [9.17, 15) is 9.59 Å². The summed E-state index contributed by atoms with van der Waals surface area (Å²) in [6.07, 6.45) is 1.66. The summed E-state index contributed by atoms with van der Waals surface area (Å²) in [5.74, 6) is -0.381. The number of carbonyl (C=O) groups is 1. The zero-order chi connectivity index (χ0) is 16.5. The Labute approximate surface area is 140 Å². The largest absolute Gasteiger partial charge is 0.460 e. The molecule has 0 aliphatic heterocycles. The molecule has 7 heteroatoms. The van der Waals surface area contributed by atoms with E-state index in [0.29, 0.717) is 10.5 Å². The molecule has 0 atom stereocenters. The first-order valence-electron chi connectivity index (χ1n) is 7.42. The summed E-state index contributed by atoms with van der Waals surface area (Å²) in [5.41, 5.74) is 0.321. The monoisotopic (exact) mass is 339 g/mol. The van der Waals surface area contributed by atoms with Gasteiger partial charge in [0.05, 0.1) is 6.54 Å². The molecule has 1 aromatic carbocycles. The molecular weight excluding hydrogens is 326 g/mol. The van der Waals surface area contributed by atoms with E-state index in [1.807, 2.05) is 36.4 Å². The third-order valence-corrected chi connectivity index (χ3v) is 4.75. The first-order valence-corrected chi connectivity index (χ1v) is 8.24. The van der Waals surface area contributed by atoms with Gasteiger partial charge in [-0.15, -0.1) is 16.4 Å². The topological polar surface area (TPSA) is 65.6 Å². The number of hydrogen-bond donors (Lipinski definition) is 0. The van der Waals surface area contributed by atoms with Crippen molar-refractivity contribution in [1.82, 2.24) is 14.2 Å². The molecule has 24 heavy (non-hydrogen) atoms. The minimum atomic E-state index is -0.381. The number of hydrogen-bond acceptors (Lipinski definition) is 5. The molecule has 3 aromatic heterocycles. The molecule has 0 fully saturated rings. The van der Waals surface area contributed by atoms with E-state index < -0.39 is 0 Å². The van der Waals surface area contributed by atoms with Gasteiger partial charge in [-0.1, -0.05) is 24.3 Å². The maximum atomic E-state index is 12.1. The lowest BCUT2D eigenvalue weighted by Crippen LogP contribution is -2.23. The highest BCUT2D eigenvalue weighted by atomic mass is 32.1. The van der Waals surface area contributed by atoms with Crippen molar-refractivity contribution in [3.63, 3.8) is 0 Å². The number of aromatic nitrogens is 3. The molecule has 120 valence electrons. The minimum absolute atomic E-state index is 0.0941. The highest BCUT2D eigenvalue weighted by Gasteiger charge is 2.12. The van der Waals surface area contributed by atoms with Crippen LogP contribution >= 0.6 is 11.3 Å². The van der Waals surface area contributed by atoms with Gasteiger partial charge in [-0.25, -0.2) is 14.3 Å². The van der Waals surface area contributed by atoms with Gasteiger partial charge >= 0.3 is 11.7 Å². The van der Waals surface area contributed by atoms with Gasteiger partial charge in [-0.2, -0.15) is 0 Å². The quantitative estimate of drug-likeness (QED) is 0.536. The number of rotatable bonds is 4. The molecule has 4 rings (SSSR count). The number of benzene rings is 1. The van der Waals surface area contributed by atoms with Crippen LogP contribution in [0.15, 0.2) is 59.5 Å². The molecule has 0 aliphatic rings. The lowest BCUT2D eigenvalue weighted by molar-refractivity contribution is 0.0492. The molecule has 0 N–H and O–H groups in total. The van der Waals surface area contributed by atoms with Crippen molar-refractivity contribution in [3.05, 3.63) is 70.1 Å². The van der Waals surface area contributed by atoms with Gasteiger partial charge in [0.2, 0.25) is 0 Å². The molecule has 0 saturated heterocycles. The summed E-state index contributed by atoms with van der Waals surface area (Å²) in [4.78, 5) is 24.8. The summed E-state index contributed by atoms with van der Waals surface area (Å²) >= 11 is 1.40. The van der Waals surface area contributed by atoms with Crippen LogP contribution in [0.2, 0.25) is 0 Å². The highest BCUT2D eigenvalue weighted by Crippen LogP contribution is 2.25. The zero-order valence-electron chi connectivity index (χ0n) is 12.6. The van der Waals surface area contributed by atoms with Crippen LogP contribution in [-0.2, 0) is 11.3 Å². The van der Waals surface area contributed by atoms with E-state index in [-0.39, 0.29) is 24.8 Å². The molecule has 0 aliphatic carbocycles. The van der Waals surface area contributed by atoms with E-state index >= 15 is 0 Å². The number of ether oxygens (including phenoxy) is 1. The number of thiophene rings is 1. The molecule has 0 bridgehead atoms. The van der Waals surface area contributed by atoms with Gasteiger partial charge in [0.1, 0.15) is 11.5 Å². The predicted octanol–water partition coefficient (Wildman–Crippen LogP) is 2.57. The molecule has 4 aromatic rings. The fraction of sp³-hybridized carbons (Fsp3) is 0.118. The number of nitrogens with zero attached hydrogens (tertiary/aromatic N) is 3. The van der Waals surface area contributed by atoms with Crippen molar-refractivity contribution in [2.24, 2.45) is 0 Å². The van der Waals surface area contributed by atoms with Crippen molar-refractivity contribution in [1.29, 1.82) is 0 Å². The fourth-order valence-electron chi connectivity index (χ4n) is 2.49. The summed E-state index contributed by atoms with van der Waals surface area (Å²) in [6, 6.07) is 14.9. The van der Waals surface area contributed by atoms with Gasteiger partial charge in [0.25, 0.3) is 0 Å². The van der Waals surface area contributed by atoms with Gasteiger partial charge in [-0.3, -0.25) is 4.40 Å². The van der Waals surface area contributed by atoms with E-state index in [4.69, 9.17) is 4.74 Å². The van der Waals surface area contributed by atoms with Gasteiger partial charge in [-0.05, 0) is 29.7 Å². The van der Waals surface area contributed by atoms with Crippen LogP contribution in [0.25, 0.3) is 15.7 Å². The van der Waals surface area contributed by atoms with Crippen LogP contribution in [0.1, 0.15) is 9.67 Å². The summed E-state index contributed by atoms with van der Waals surface area (Å²) in [7, 11) is 0. The summed E-state index contributed by atoms with van der Waals surface area (Å²) in [6.45, 7) is 0.314. The molecule has 0 radical (unpaired) electrons. The third-order valence-electron chi connectivity index (χ3n) is 3.65. The first kappa shape index (κ1) is 14.6. The van der Waals surface area contributed by atoms with Crippen molar-refractivity contribution in [3.8, 4) is 0 Å². The normalized spacial score (nSPS) is 11.2. The van der Waals surface area contributed by atoms with Crippen LogP contribution in [0.3, 0.4) is 0 Å². The smallest absolute Gasteiger partial charge is 0.350 e. The van der Waals surface area contributed by atoms with E-state index in [0.717, 1.165) is 10.1 Å². The number of esters is 1. The highest BCUT2D eigenvalue weighted by molar-refractivity contribution is 7.20. The SMILES string of the molecule is O=C(OCCn1nc2ccccn2c1=O)c1cc2ccccc2s1. The Balaban J connectivity index is 1.45. The second-order valence-corrected chi connectivity index (χ2v) is 6.30. The molecule has 3 heterocycles. The van der Waals surface area contributed by atoms with Gasteiger partial charge < -0.3 is 4.74 Å². The molecule has 0 amide bonds. The Bertz CT molecular complexity index is 1060. The Morgan fingerprint density at radius 3 is 2.83 bits per heavy atom. The van der Waals surface area contributed by atoms with E-state index in [1.54, 1.807) is 18.3 Å². The first-order chi connectivity index (χ1) is 11.7. The van der Waals surface area contributed by atoms with E-state index in [1.165, 1.54) is 20.4 Å². The molecule has 0 unspecified atom stereocenters. The maximum Gasteiger partial charge on any atom is 0.350 e. The molecule has 0 saturated carbocycles. The van der Waals surface area contributed by atoms with Crippen molar-refractivity contribution in [2.45, 2.75) is 6.54 Å². The zero-order valence-corrected chi connectivity index (χ0v) is 13.4. The van der Waals surface area contributed by atoms with Crippen LogP contribution in [0, 0.1) is 0 Å². The van der Waals surface area contributed by atoms with Crippen molar-refractivity contribution >= 4 is 33.0 Å². The maximum absolute atomic E-state index is 12.1. The standard InChI is InChI=1S/C17H13N3O3S/c21-16(14-11-12-5-1-2-6-13(12)24-14)23-10-9-20-17(22)19-8-4-3-7-15(19)18-20/h1-8,11H,9-10H2. The fourth-order valence-corrected chi connectivity index (χ4v) is 3.45. The Hall–Kier alpha value is -2.93. The Morgan fingerprint density at radius 2 is 2.00 bits per heavy atom. The van der Waals surface area contributed by atoms with Crippen LogP contribution in [-0.4, -0.2) is 26.8 Å². The van der Waals surface area contributed by atoms with Crippen LogP contribution in [0.4, 0.5) is 0 Å². The van der Waals surface area contributed by atoms with Crippen molar-refractivity contribution in [2.75, 3.05) is 6.61 Å². The lowest BCUT2D eigenvalue weighted by Gasteiger charge is -2.02. The van der Waals surface area contributed by atoms with Gasteiger partial charge in [0, 0.05) is 10.9 Å². The van der Waals surface area contributed by atoms with Crippen molar-refractivity contribution < 1.29 is 9.53 Å². The lowest BCUT2D eigenvalue weighted by atomic mass is 10.2. The Kier molecular flexibility index (Phi) is 3.62. The summed E-state index contributed by atoms with van der Waals surface area (Å²) in [5, 5.41) is 5.21. The van der Waals surface area contributed by atoms with Gasteiger partial charge in [0.15, 0.2) is 5.65 Å². The number of pyridine rings is 1. The predicted molar refractivity (Wildman–Crippen MR) is 91.6 cm³/mol. The second kappa shape index (κ2) is 5.93. The third kappa shape index (κ3) is 2.59. The number of carbonyl (C=O) groups excluding carboxylic acids is 1. The Morgan fingerprint density at radius 1 is 1.17 bits per heavy atom. The van der Waals surface area contributed by atoms with Crippen LogP contribution in [0.5, 0.6) is 0 Å². The molecule has 0 spiro atoms. The second-order valence-electron chi connectivity index (χ2n) is 5.22. The van der Waals surface area contributed by atoms with Crippen LogP contribution < -0.4 is 5.69 Å². The van der Waals surface area contributed by atoms with E-state index in [2.05, 4.69) is 5.10 Å². The average molecular weight is 339 g/mol. The minimum Gasteiger partial charge on any atom is -0.460 e. The summed E-state index contributed by atoms with van der Waals surface area (Å²) < 4.78 is 9.07. The molecular formula is C17H13N3O3S.